The molecule has 0 atom stereocenters. The van der Waals surface area contributed by atoms with Gasteiger partial charge in [0.25, 0.3) is 0 Å². The Hall–Kier alpha value is -3.21. The number of sulfonamides is 1. The van der Waals surface area contributed by atoms with E-state index in [1.165, 1.54) is 6.07 Å². The number of hydrogen-bond donors (Lipinski definition) is 0. The summed E-state index contributed by atoms with van der Waals surface area (Å²) in [6.07, 6.45) is -4.39. The van der Waals surface area contributed by atoms with Gasteiger partial charge in [-0.3, -0.25) is 9.36 Å². The van der Waals surface area contributed by atoms with Gasteiger partial charge in [-0.15, -0.1) is 5.10 Å². The summed E-state index contributed by atoms with van der Waals surface area (Å²) in [5.74, 6) is -4.03. The van der Waals surface area contributed by atoms with Crippen LogP contribution < -0.4 is 9.99 Å². The number of halogens is 4. The standard InChI is InChI=1S/C14H11F4N5O4S/c1-7(24)23(28(3,26)27)10-5-11(9(15)4-8(10)6-19)22-13(25)21(2)12(20-22)14(16,17)18/h4-5H,1-3H3. The minimum Gasteiger partial charge on any atom is -0.274 e. The fraction of sp³-hybridized carbons (Fsp3) is 0.286. The molecule has 1 heterocycles. The SMILES string of the molecule is CC(=O)N(c1cc(-n2nc(C(F)(F)F)n(C)c2=O)c(F)cc1C#N)S(C)(=O)=O. The fourth-order valence-corrected chi connectivity index (χ4v) is 3.37. The number of aromatic nitrogens is 3. The molecule has 2 rings (SSSR count). The maximum atomic E-state index is 14.4. The molecular formula is C14H11F4N5O4S. The van der Waals surface area contributed by atoms with Gasteiger partial charge < -0.3 is 0 Å². The van der Waals surface area contributed by atoms with Crippen LogP contribution in [0.15, 0.2) is 16.9 Å². The third-order valence-corrected chi connectivity index (χ3v) is 4.60. The number of hydrogen-bond acceptors (Lipinski definition) is 6. The largest absolute Gasteiger partial charge is 0.451 e. The highest BCUT2D eigenvalue weighted by Crippen LogP contribution is 2.30. The van der Waals surface area contributed by atoms with E-state index in [4.69, 9.17) is 5.26 Å². The van der Waals surface area contributed by atoms with Gasteiger partial charge in [0.2, 0.25) is 21.8 Å². The highest BCUT2D eigenvalue weighted by atomic mass is 32.2. The Morgan fingerprint density at radius 3 is 2.29 bits per heavy atom. The maximum absolute atomic E-state index is 14.4. The van der Waals surface area contributed by atoms with Crippen molar-refractivity contribution in [3.05, 3.63) is 39.8 Å². The summed E-state index contributed by atoms with van der Waals surface area (Å²) < 4.78 is 77.3. The summed E-state index contributed by atoms with van der Waals surface area (Å²) in [4.78, 5) is 23.8. The zero-order valence-electron chi connectivity index (χ0n) is 14.4. The summed E-state index contributed by atoms with van der Waals surface area (Å²) in [6, 6.07) is 2.56. The third-order valence-electron chi connectivity index (χ3n) is 3.48. The normalized spacial score (nSPS) is 11.9. The average Bonchev–Trinajstić information content (AvgIpc) is 2.82. The van der Waals surface area contributed by atoms with E-state index in [9.17, 15) is 35.6 Å². The quantitative estimate of drug-likeness (QED) is 0.680. The lowest BCUT2D eigenvalue weighted by molar-refractivity contribution is -0.147. The molecule has 0 spiro atoms. The lowest BCUT2D eigenvalue weighted by atomic mass is 10.1. The molecule has 0 N–H and O–H groups in total. The van der Waals surface area contributed by atoms with E-state index in [0.29, 0.717) is 18.4 Å². The Balaban J connectivity index is 2.89. The summed E-state index contributed by atoms with van der Waals surface area (Å²) in [6.45, 7) is 0.847. The van der Waals surface area contributed by atoms with E-state index >= 15 is 0 Å². The molecule has 0 saturated heterocycles. The van der Waals surface area contributed by atoms with Crippen molar-refractivity contribution in [1.82, 2.24) is 14.3 Å². The molecular weight excluding hydrogens is 410 g/mol. The lowest BCUT2D eigenvalue weighted by Crippen LogP contribution is -2.35. The van der Waals surface area contributed by atoms with Crippen LogP contribution in [-0.2, 0) is 28.0 Å². The van der Waals surface area contributed by atoms with E-state index in [0.717, 1.165) is 14.0 Å². The second kappa shape index (κ2) is 6.75. The van der Waals surface area contributed by atoms with Crippen molar-refractivity contribution in [3.63, 3.8) is 0 Å². The van der Waals surface area contributed by atoms with Crippen LogP contribution in [0.3, 0.4) is 0 Å². The first-order valence-electron chi connectivity index (χ1n) is 7.18. The molecule has 0 bridgehead atoms. The predicted octanol–water partition coefficient (Wildman–Crippen LogP) is 0.913. The van der Waals surface area contributed by atoms with Crippen LogP contribution in [0.5, 0.6) is 0 Å². The van der Waals surface area contributed by atoms with Crippen molar-refractivity contribution in [1.29, 1.82) is 5.26 Å². The van der Waals surface area contributed by atoms with Gasteiger partial charge in [0.05, 0.1) is 17.5 Å². The molecule has 2 aromatic rings. The predicted molar refractivity (Wildman–Crippen MR) is 86.5 cm³/mol. The molecule has 0 aliphatic heterocycles. The Bertz CT molecular complexity index is 1170. The number of nitriles is 1. The van der Waals surface area contributed by atoms with Crippen LogP contribution in [0.1, 0.15) is 18.3 Å². The Labute approximate surface area is 155 Å². The van der Waals surface area contributed by atoms with Gasteiger partial charge in [0.15, 0.2) is 5.82 Å². The number of carbonyl (C=O) groups is 1. The van der Waals surface area contributed by atoms with Crippen LogP contribution >= 0.6 is 0 Å². The number of alkyl halides is 3. The van der Waals surface area contributed by atoms with Crippen LogP contribution in [0.2, 0.25) is 0 Å². The summed E-state index contributed by atoms with van der Waals surface area (Å²) in [5, 5.41) is 12.2. The monoisotopic (exact) mass is 421 g/mol. The van der Waals surface area contributed by atoms with Gasteiger partial charge in [-0.2, -0.15) is 23.1 Å². The van der Waals surface area contributed by atoms with Gasteiger partial charge in [0, 0.05) is 14.0 Å². The van der Waals surface area contributed by atoms with Crippen LogP contribution in [-0.4, -0.2) is 34.9 Å². The van der Waals surface area contributed by atoms with Crippen molar-refractivity contribution < 1.29 is 30.8 Å². The molecule has 0 saturated carbocycles. The molecule has 14 heteroatoms. The van der Waals surface area contributed by atoms with Crippen molar-refractivity contribution >= 4 is 21.6 Å². The first-order chi connectivity index (χ1) is 12.7. The van der Waals surface area contributed by atoms with Crippen LogP contribution in [0, 0.1) is 17.1 Å². The smallest absolute Gasteiger partial charge is 0.274 e. The summed E-state index contributed by atoms with van der Waals surface area (Å²) >= 11 is 0. The minimum atomic E-state index is -5.02. The van der Waals surface area contributed by atoms with Gasteiger partial charge in [-0.1, -0.05) is 0 Å². The second-order valence-corrected chi connectivity index (χ2v) is 7.38. The minimum absolute atomic E-state index is 0.0589. The Morgan fingerprint density at radius 1 is 1.32 bits per heavy atom. The van der Waals surface area contributed by atoms with Crippen molar-refractivity contribution in [2.75, 3.05) is 10.6 Å². The number of anilines is 1. The van der Waals surface area contributed by atoms with Crippen LogP contribution in [0.4, 0.5) is 23.2 Å². The Morgan fingerprint density at radius 2 is 1.89 bits per heavy atom. The highest BCUT2D eigenvalue weighted by Gasteiger charge is 2.38. The first-order valence-corrected chi connectivity index (χ1v) is 9.03. The van der Waals surface area contributed by atoms with Gasteiger partial charge in [0.1, 0.15) is 11.8 Å². The number of nitrogens with zero attached hydrogens (tertiary/aromatic N) is 5. The third kappa shape index (κ3) is 3.60. The zero-order chi connectivity index (χ0) is 21.6. The molecule has 150 valence electrons. The van der Waals surface area contributed by atoms with Crippen molar-refractivity contribution in [3.8, 4) is 11.8 Å². The number of rotatable bonds is 3. The number of carbonyl (C=O) groups excluding carboxylic acids is 1. The van der Waals surface area contributed by atoms with E-state index in [1.807, 2.05) is 0 Å². The topological polar surface area (TPSA) is 118 Å². The van der Waals surface area contributed by atoms with Crippen LogP contribution in [0.25, 0.3) is 5.69 Å². The molecule has 1 aromatic heterocycles. The fourth-order valence-electron chi connectivity index (χ4n) is 2.39. The average molecular weight is 421 g/mol. The van der Waals surface area contributed by atoms with E-state index in [2.05, 4.69) is 5.10 Å². The van der Waals surface area contributed by atoms with Crippen molar-refractivity contribution in [2.24, 2.45) is 7.05 Å². The van der Waals surface area contributed by atoms with Gasteiger partial charge in [-0.25, -0.2) is 21.9 Å². The molecule has 9 nitrogen and oxygen atoms in total. The second-order valence-electron chi connectivity index (χ2n) is 5.55. The van der Waals surface area contributed by atoms with Gasteiger partial charge >= 0.3 is 11.9 Å². The molecule has 1 aromatic carbocycles. The molecule has 0 aliphatic carbocycles. The molecule has 0 aliphatic rings. The van der Waals surface area contributed by atoms with Crippen molar-refractivity contribution in [2.45, 2.75) is 13.1 Å². The van der Waals surface area contributed by atoms with E-state index in [1.54, 1.807) is 0 Å². The number of amides is 1. The molecule has 28 heavy (non-hydrogen) atoms. The summed E-state index contributed by atoms with van der Waals surface area (Å²) in [7, 11) is -3.52. The molecule has 0 unspecified atom stereocenters. The molecule has 0 fully saturated rings. The maximum Gasteiger partial charge on any atom is 0.451 e. The molecule has 0 radical (unpaired) electrons. The number of benzene rings is 1. The van der Waals surface area contributed by atoms with Gasteiger partial charge in [-0.05, 0) is 12.1 Å². The van der Waals surface area contributed by atoms with E-state index in [-0.39, 0.29) is 13.6 Å². The first kappa shape index (κ1) is 21.1. The Kier molecular flexibility index (Phi) is 5.08. The molecule has 1 amide bonds. The summed E-state index contributed by atoms with van der Waals surface area (Å²) in [5.41, 5.74) is -3.49. The zero-order valence-corrected chi connectivity index (χ0v) is 15.3. The van der Waals surface area contributed by atoms with E-state index < -0.39 is 56.4 Å². The highest BCUT2D eigenvalue weighted by molar-refractivity contribution is 7.92. The lowest BCUT2D eigenvalue weighted by Gasteiger charge is -2.20.